The number of hydrogen-bond acceptors (Lipinski definition) is 5. The van der Waals surface area contributed by atoms with E-state index in [1.807, 2.05) is 18.2 Å². The SMILES string of the molecule is CCCCCCCCCCCCCCCCCCCCCCS(=O)(=O)c1nnnn1-c1ccccc1. The topological polar surface area (TPSA) is 77.7 Å². The van der Waals surface area contributed by atoms with E-state index in [1.54, 1.807) is 12.1 Å². The van der Waals surface area contributed by atoms with E-state index in [1.165, 1.54) is 114 Å². The lowest BCUT2D eigenvalue weighted by atomic mass is 10.0. The molecule has 0 saturated carbocycles. The normalized spacial score (nSPS) is 11.8. The summed E-state index contributed by atoms with van der Waals surface area (Å²) in [6, 6.07) is 9.15. The summed E-state index contributed by atoms with van der Waals surface area (Å²) >= 11 is 0. The van der Waals surface area contributed by atoms with Crippen molar-refractivity contribution in [1.29, 1.82) is 0 Å². The van der Waals surface area contributed by atoms with Crippen LogP contribution in [0.3, 0.4) is 0 Å². The van der Waals surface area contributed by atoms with Crippen molar-refractivity contribution in [2.45, 2.75) is 140 Å². The molecule has 204 valence electrons. The molecule has 2 rings (SSSR count). The van der Waals surface area contributed by atoms with Crippen LogP contribution in [-0.4, -0.2) is 34.4 Å². The summed E-state index contributed by atoms with van der Waals surface area (Å²) in [4.78, 5) is 0. The number of nitrogens with zero attached hydrogens (tertiary/aromatic N) is 4. The number of tetrazole rings is 1. The first kappa shape index (κ1) is 30.5. The molecule has 36 heavy (non-hydrogen) atoms. The molecular formula is C29H50N4O2S. The van der Waals surface area contributed by atoms with Crippen molar-refractivity contribution in [2.75, 3.05) is 5.75 Å². The maximum Gasteiger partial charge on any atom is 0.272 e. The minimum atomic E-state index is -3.49. The van der Waals surface area contributed by atoms with Crippen LogP contribution in [0.25, 0.3) is 5.69 Å². The van der Waals surface area contributed by atoms with Crippen LogP contribution in [0, 0.1) is 0 Å². The molecule has 0 radical (unpaired) electrons. The van der Waals surface area contributed by atoms with Gasteiger partial charge in [0, 0.05) is 0 Å². The second-order valence-corrected chi connectivity index (χ2v) is 12.2. The lowest BCUT2D eigenvalue weighted by molar-refractivity contribution is 0.522. The Bertz CT molecular complexity index is 884. The Morgan fingerprint density at radius 1 is 0.611 bits per heavy atom. The molecule has 0 saturated heterocycles. The van der Waals surface area contributed by atoms with Crippen molar-refractivity contribution in [3.05, 3.63) is 30.3 Å². The van der Waals surface area contributed by atoms with E-state index in [-0.39, 0.29) is 10.9 Å². The van der Waals surface area contributed by atoms with Gasteiger partial charge < -0.3 is 0 Å². The van der Waals surface area contributed by atoms with Gasteiger partial charge in [-0.05, 0) is 29.0 Å². The fourth-order valence-corrected chi connectivity index (χ4v) is 6.08. The third-order valence-corrected chi connectivity index (χ3v) is 8.62. The minimum absolute atomic E-state index is 0.0634. The Morgan fingerprint density at radius 3 is 1.47 bits per heavy atom. The Labute approximate surface area is 220 Å². The number of sulfone groups is 1. The summed E-state index contributed by atoms with van der Waals surface area (Å²) in [5.74, 6) is 0.0964. The molecule has 0 amide bonds. The molecule has 0 atom stereocenters. The first-order chi connectivity index (χ1) is 17.6. The smallest absolute Gasteiger partial charge is 0.220 e. The van der Waals surface area contributed by atoms with Gasteiger partial charge in [-0.3, -0.25) is 0 Å². The summed E-state index contributed by atoms with van der Waals surface area (Å²) in [6.07, 6.45) is 26.1. The fraction of sp³-hybridized carbons (Fsp3) is 0.759. The van der Waals surface area contributed by atoms with Crippen molar-refractivity contribution < 1.29 is 8.42 Å². The third-order valence-electron chi connectivity index (χ3n) is 6.99. The molecule has 7 heteroatoms. The Morgan fingerprint density at radius 2 is 1.03 bits per heavy atom. The number of benzene rings is 1. The van der Waals surface area contributed by atoms with E-state index in [9.17, 15) is 8.42 Å². The van der Waals surface area contributed by atoms with E-state index in [0.717, 1.165) is 12.8 Å². The molecule has 0 N–H and O–H groups in total. The van der Waals surface area contributed by atoms with E-state index >= 15 is 0 Å². The predicted molar refractivity (Wildman–Crippen MR) is 149 cm³/mol. The molecule has 0 aliphatic rings. The Hall–Kier alpha value is -1.76. The van der Waals surface area contributed by atoms with Crippen LogP contribution in [-0.2, 0) is 9.84 Å². The van der Waals surface area contributed by atoms with Gasteiger partial charge in [0.15, 0.2) is 0 Å². The molecule has 0 bridgehead atoms. The standard InChI is InChI=1S/C29H50N4O2S/c1-2-3-4-5-6-7-8-9-10-11-12-13-14-15-16-17-18-19-20-24-27-36(34,35)29-30-31-32-33(29)28-25-22-21-23-26-28/h21-23,25-26H,2-20,24,27H2,1H3. The second kappa shape index (κ2) is 19.4. The van der Waals surface area contributed by atoms with E-state index in [2.05, 4.69) is 22.4 Å². The lowest BCUT2D eigenvalue weighted by Crippen LogP contribution is -2.14. The molecule has 0 spiro atoms. The number of unbranched alkanes of at least 4 members (excludes halogenated alkanes) is 19. The first-order valence-corrected chi connectivity index (χ1v) is 16.4. The average Bonchev–Trinajstić information content (AvgIpc) is 3.39. The molecule has 6 nitrogen and oxygen atoms in total. The average molecular weight is 519 g/mol. The highest BCUT2D eigenvalue weighted by atomic mass is 32.2. The quantitative estimate of drug-likeness (QED) is 0.138. The molecule has 1 aromatic carbocycles. The minimum Gasteiger partial charge on any atom is -0.220 e. The van der Waals surface area contributed by atoms with Crippen molar-refractivity contribution in [1.82, 2.24) is 20.2 Å². The van der Waals surface area contributed by atoms with Crippen LogP contribution in [0.2, 0.25) is 0 Å². The molecular weight excluding hydrogens is 468 g/mol. The Kier molecular flexibility index (Phi) is 16.4. The van der Waals surface area contributed by atoms with E-state index < -0.39 is 9.84 Å². The maximum atomic E-state index is 12.7. The van der Waals surface area contributed by atoms with Gasteiger partial charge in [0.05, 0.1) is 11.4 Å². The molecule has 2 aromatic rings. The van der Waals surface area contributed by atoms with Crippen molar-refractivity contribution in [3.63, 3.8) is 0 Å². The molecule has 0 aliphatic carbocycles. The van der Waals surface area contributed by atoms with Crippen molar-refractivity contribution in [3.8, 4) is 5.69 Å². The number of hydrogen-bond donors (Lipinski definition) is 0. The summed E-state index contributed by atoms with van der Waals surface area (Å²) in [5, 5.41) is 11.2. The van der Waals surface area contributed by atoms with Crippen LogP contribution in [0.5, 0.6) is 0 Å². The van der Waals surface area contributed by atoms with E-state index in [0.29, 0.717) is 12.1 Å². The van der Waals surface area contributed by atoms with Gasteiger partial charge in [0.25, 0.3) is 5.16 Å². The molecule has 1 aromatic heterocycles. The van der Waals surface area contributed by atoms with Crippen LogP contribution >= 0.6 is 0 Å². The summed E-state index contributed by atoms with van der Waals surface area (Å²) in [5.41, 5.74) is 0.657. The summed E-state index contributed by atoms with van der Waals surface area (Å²) in [7, 11) is -3.49. The molecule has 0 aliphatic heterocycles. The zero-order chi connectivity index (χ0) is 25.7. The number of aromatic nitrogens is 4. The maximum absolute atomic E-state index is 12.7. The van der Waals surface area contributed by atoms with Gasteiger partial charge in [0.2, 0.25) is 9.84 Å². The number of para-hydroxylation sites is 1. The molecule has 0 unspecified atom stereocenters. The lowest BCUT2D eigenvalue weighted by Gasteiger charge is -2.06. The third kappa shape index (κ3) is 13.0. The zero-order valence-electron chi connectivity index (χ0n) is 22.7. The van der Waals surface area contributed by atoms with Crippen LogP contribution < -0.4 is 0 Å². The van der Waals surface area contributed by atoms with Gasteiger partial charge in [-0.25, -0.2) is 8.42 Å². The zero-order valence-corrected chi connectivity index (χ0v) is 23.6. The molecule has 0 fully saturated rings. The first-order valence-electron chi connectivity index (χ1n) is 14.7. The summed E-state index contributed by atoms with van der Waals surface area (Å²) in [6.45, 7) is 2.28. The largest absolute Gasteiger partial charge is 0.272 e. The van der Waals surface area contributed by atoms with Gasteiger partial charge in [0.1, 0.15) is 0 Å². The highest BCUT2D eigenvalue weighted by molar-refractivity contribution is 7.91. The van der Waals surface area contributed by atoms with Crippen molar-refractivity contribution in [2.24, 2.45) is 0 Å². The van der Waals surface area contributed by atoms with E-state index in [4.69, 9.17) is 0 Å². The van der Waals surface area contributed by atoms with Crippen LogP contribution in [0.1, 0.15) is 135 Å². The Balaban J connectivity index is 1.39. The van der Waals surface area contributed by atoms with Crippen LogP contribution in [0.15, 0.2) is 35.5 Å². The number of rotatable bonds is 23. The van der Waals surface area contributed by atoms with Gasteiger partial charge in [-0.1, -0.05) is 152 Å². The second-order valence-electron chi connectivity index (χ2n) is 10.2. The molecule has 1 heterocycles. The van der Waals surface area contributed by atoms with Crippen molar-refractivity contribution >= 4 is 9.84 Å². The van der Waals surface area contributed by atoms with Gasteiger partial charge >= 0.3 is 0 Å². The predicted octanol–water partition coefficient (Wildman–Crippen LogP) is 8.26. The highest BCUT2D eigenvalue weighted by Crippen LogP contribution is 2.17. The van der Waals surface area contributed by atoms with Gasteiger partial charge in [-0.2, -0.15) is 4.68 Å². The van der Waals surface area contributed by atoms with Gasteiger partial charge in [-0.15, -0.1) is 0 Å². The monoisotopic (exact) mass is 518 g/mol. The fourth-order valence-electron chi connectivity index (χ4n) is 4.74. The summed E-state index contributed by atoms with van der Waals surface area (Å²) < 4.78 is 26.7. The highest BCUT2D eigenvalue weighted by Gasteiger charge is 2.23. The van der Waals surface area contributed by atoms with Crippen LogP contribution in [0.4, 0.5) is 0 Å².